The van der Waals surface area contributed by atoms with E-state index in [9.17, 15) is 93.3 Å². The molecule has 0 bridgehead atoms. The summed E-state index contributed by atoms with van der Waals surface area (Å²) in [6.07, 6.45) is -1.38. The lowest BCUT2D eigenvalue weighted by Crippen LogP contribution is -2.42. The molecule has 3 aliphatic rings. The number of hydrogen-bond donors (Lipinski definition) is 6. The van der Waals surface area contributed by atoms with Crippen molar-refractivity contribution >= 4 is 122 Å². The smallest absolute Gasteiger partial charge is 0.418 e. The zero-order chi connectivity index (χ0) is 79.8. The minimum Gasteiger partial charge on any atom is -0.495 e. The number of halogens is 3. The number of benzene rings is 6. The Kier molecular flexibility index (Phi) is 27.4. The first kappa shape index (κ1) is 82.6. The van der Waals surface area contributed by atoms with Gasteiger partial charge in [0.1, 0.15) is 18.4 Å². The summed E-state index contributed by atoms with van der Waals surface area (Å²) >= 11 is 3.20. The van der Waals surface area contributed by atoms with Crippen LogP contribution in [0.4, 0.5) is 53.0 Å². The van der Waals surface area contributed by atoms with E-state index in [4.69, 9.17) is 4.74 Å². The molecule has 0 radical (unpaired) electrons. The molecule has 3 amide bonds. The lowest BCUT2D eigenvalue weighted by Gasteiger charge is -2.32. The number of nitrogens with zero attached hydrogens (tertiary/aromatic N) is 7. The van der Waals surface area contributed by atoms with Crippen molar-refractivity contribution in [3.8, 4) is 5.75 Å². The fourth-order valence-electron chi connectivity index (χ4n) is 11.9. The molecule has 0 unspecified atom stereocenters. The predicted molar refractivity (Wildman–Crippen MR) is 410 cm³/mol. The Balaban J connectivity index is 0.000000177. The maximum atomic E-state index is 13.3. The molecule has 12 rings (SSSR count). The number of thiophene rings is 3. The number of ether oxygens (including phenoxy) is 1. The highest BCUT2D eigenvalue weighted by Gasteiger charge is 2.37. The number of nitro groups is 4. The normalized spacial score (nSPS) is 14.9. The monoisotopic (exact) mass is 1640 g/mol. The Bertz CT molecular complexity index is 5190. The van der Waals surface area contributed by atoms with Crippen molar-refractivity contribution in [3.05, 3.63) is 259 Å². The van der Waals surface area contributed by atoms with E-state index in [1.54, 1.807) is 43.5 Å². The number of piperidine rings is 3. The maximum absolute atomic E-state index is 13.3. The molecule has 3 aliphatic heterocycles. The number of amides is 3. The first-order chi connectivity index (χ1) is 52.8. The van der Waals surface area contributed by atoms with Crippen LogP contribution in [0, 0.1) is 40.5 Å². The molecule has 6 N–H and O–H groups in total. The number of alkyl halides is 3. The molecule has 586 valence electrons. The van der Waals surface area contributed by atoms with Crippen LogP contribution >= 0.6 is 34.0 Å². The van der Waals surface area contributed by atoms with Gasteiger partial charge < -0.3 is 36.6 Å². The number of carbonyl (C=O) groups excluding carboxylic acids is 3. The first-order valence-electron chi connectivity index (χ1n) is 34.0. The number of rotatable bonds is 26. The Labute approximate surface area is 646 Å². The van der Waals surface area contributed by atoms with Gasteiger partial charge in [0.05, 0.1) is 57.7 Å². The first-order valence-corrected chi connectivity index (χ1v) is 40.8. The highest BCUT2D eigenvalue weighted by Crippen LogP contribution is 2.37. The summed E-state index contributed by atoms with van der Waals surface area (Å²) < 4.78 is 129. The molecule has 0 spiro atoms. The van der Waals surface area contributed by atoms with Gasteiger partial charge in [-0.1, -0.05) is 30.3 Å². The van der Waals surface area contributed by atoms with E-state index in [-0.39, 0.29) is 109 Å². The summed E-state index contributed by atoms with van der Waals surface area (Å²) in [6, 6.07) is 43.9. The fraction of sp³-hybridized carbons (Fsp3) is 0.282. The summed E-state index contributed by atoms with van der Waals surface area (Å²) in [5, 5.41) is 60.9. The minimum atomic E-state index is -4.49. The summed E-state index contributed by atoms with van der Waals surface area (Å²) in [4.78, 5) is 80.0. The lowest BCUT2D eigenvalue weighted by molar-refractivity contribution is -0.385. The van der Waals surface area contributed by atoms with E-state index >= 15 is 0 Å². The Morgan fingerprint density at radius 3 is 1.09 bits per heavy atom. The van der Waals surface area contributed by atoms with Crippen LogP contribution in [0.15, 0.2) is 195 Å². The fourth-order valence-corrected chi connectivity index (χ4v) is 20.7. The standard InChI is InChI=1S/C24H23F3N4O5S2.C24H26N4O6S2.C23H23N5O7S2/c25-24(26,27)20-3-1-2-4-21(20)29-17-11-13-30(14-12-17)38(35,36)22-10-9-19(37-22)15-28-23(32)16-5-7-18(8-6-16)31(33)34;1-34-22-5-3-2-4-21(22)26-18-12-14-27(15-13-18)36(32,33)23-11-10-20(35-23)16-25-24(29)17-6-8-19(9-7-17)28(30)31;29-23(16-4-6-19(7-5-16)27(30)31)24-15-21-8-9-22(36-21)37(34,35)26-12-10-17(11-13-26)25-18-2-1-3-20(14-18)28(32)33/h1-10,17,29H,11-15H2,(H,28,32);2-11,18,26H,12-16H2,1H3,(H,25,29);1-9,14,17,25H,10-13,15H2,(H,24,29). The van der Waals surface area contributed by atoms with Gasteiger partial charge in [-0.2, -0.15) is 26.1 Å². The van der Waals surface area contributed by atoms with E-state index in [2.05, 4.69) is 31.9 Å². The summed E-state index contributed by atoms with van der Waals surface area (Å²) in [7, 11) is -9.52. The molecule has 3 aromatic heterocycles. The number of nitrogens with one attached hydrogen (secondary N) is 6. The van der Waals surface area contributed by atoms with Crippen LogP contribution < -0.4 is 36.6 Å². The quantitative estimate of drug-likeness (QED) is 0.0217. The highest BCUT2D eigenvalue weighted by atomic mass is 32.3. The molecule has 40 heteroatoms. The number of methoxy groups -OCH3 is 1. The number of carbonyl (C=O) groups is 3. The van der Waals surface area contributed by atoms with Gasteiger partial charge >= 0.3 is 6.18 Å². The zero-order valence-electron chi connectivity index (χ0n) is 58.7. The molecule has 111 heavy (non-hydrogen) atoms. The molecule has 0 atom stereocenters. The third kappa shape index (κ3) is 21.8. The van der Waals surface area contributed by atoms with Crippen molar-refractivity contribution in [2.75, 3.05) is 62.3 Å². The lowest BCUT2D eigenvalue weighted by atomic mass is 10.0. The van der Waals surface area contributed by atoms with Crippen LogP contribution in [-0.2, 0) is 55.9 Å². The van der Waals surface area contributed by atoms with Crippen LogP contribution in [0.1, 0.15) is 89.8 Å². The summed E-state index contributed by atoms with van der Waals surface area (Å²) in [5.41, 5.74) is 1.13. The van der Waals surface area contributed by atoms with E-state index in [1.807, 2.05) is 24.3 Å². The average Bonchev–Trinajstić information content (AvgIpc) is 1.74. The van der Waals surface area contributed by atoms with Crippen molar-refractivity contribution in [1.82, 2.24) is 28.9 Å². The second-order valence-electron chi connectivity index (χ2n) is 25.1. The number of para-hydroxylation sites is 3. The Morgan fingerprint density at radius 1 is 0.423 bits per heavy atom. The number of sulfonamides is 3. The highest BCUT2D eigenvalue weighted by molar-refractivity contribution is 7.92. The van der Waals surface area contributed by atoms with Crippen LogP contribution in [0.5, 0.6) is 5.75 Å². The van der Waals surface area contributed by atoms with Crippen molar-refractivity contribution in [2.24, 2.45) is 0 Å². The van der Waals surface area contributed by atoms with E-state index < -0.39 is 79.2 Å². The molecule has 9 aromatic rings. The van der Waals surface area contributed by atoms with E-state index in [0.29, 0.717) is 85.0 Å². The number of hydrogen-bond acceptors (Lipinski definition) is 24. The number of nitro benzene ring substituents is 4. The third-order valence-electron chi connectivity index (χ3n) is 17.8. The van der Waals surface area contributed by atoms with Crippen molar-refractivity contribution in [2.45, 2.75) is 95.1 Å². The van der Waals surface area contributed by atoms with Crippen LogP contribution in [-0.4, -0.2) is 140 Å². The second kappa shape index (κ2) is 36.8. The summed E-state index contributed by atoms with van der Waals surface area (Å²) in [6.45, 7) is 2.06. The van der Waals surface area contributed by atoms with Gasteiger partial charge in [-0.3, -0.25) is 54.8 Å². The molecule has 31 nitrogen and oxygen atoms in total. The maximum Gasteiger partial charge on any atom is 0.418 e. The molecular formula is C71H72F3N13O18S6. The molecule has 0 saturated carbocycles. The second-order valence-corrected chi connectivity index (χ2v) is 35.1. The van der Waals surface area contributed by atoms with E-state index in [0.717, 1.165) is 51.5 Å². The number of non-ortho nitro benzene ring substituents is 4. The molecule has 3 fully saturated rings. The number of anilines is 3. The van der Waals surface area contributed by atoms with Gasteiger partial charge in [0.2, 0.25) is 0 Å². The summed E-state index contributed by atoms with van der Waals surface area (Å²) in [5.74, 6) is -0.531. The Morgan fingerprint density at radius 2 is 0.748 bits per heavy atom. The van der Waals surface area contributed by atoms with E-state index in [1.165, 1.54) is 128 Å². The van der Waals surface area contributed by atoms with Crippen molar-refractivity contribution in [1.29, 1.82) is 0 Å². The molecule has 0 aliphatic carbocycles. The molecule has 6 aromatic carbocycles. The zero-order valence-corrected chi connectivity index (χ0v) is 63.6. The van der Waals surface area contributed by atoms with Crippen LogP contribution in [0.25, 0.3) is 0 Å². The minimum absolute atomic E-state index is 0.0116. The molecule has 6 heterocycles. The Hall–Kier alpha value is -10.9. The SMILES string of the molecule is COc1ccccc1NC1CCN(S(=O)(=O)c2ccc(CNC(=O)c3ccc([N+](=O)[O-])cc3)s2)CC1.O=C(NCc1ccc(S(=O)(=O)N2CCC(Nc3cccc([N+](=O)[O-])c3)CC2)s1)c1ccc([N+](=O)[O-])cc1.O=C(NCc1ccc(S(=O)(=O)N2CCC(Nc3ccccc3C(F)(F)F)CC2)s1)c1ccc([N+](=O)[O-])cc1. The van der Waals surface area contributed by atoms with Gasteiger partial charge in [-0.15, -0.1) is 34.0 Å². The predicted octanol–water partition coefficient (Wildman–Crippen LogP) is 12.5. The van der Waals surface area contributed by atoms with Gasteiger partial charge in [0.15, 0.2) is 0 Å². The van der Waals surface area contributed by atoms with Crippen LogP contribution in [0.3, 0.4) is 0 Å². The topological polar surface area (TPSA) is 417 Å². The average molecular weight is 1640 g/mol. The van der Waals surface area contributed by atoms with Crippen LogP contribution in [0.2, 0.25) is 0 Å². The van der Waals surface area contributed by atoms with Gasteiger partial charge in [-0.25, -0.2) is 25.3 Å². The third-order valence-corrected chi connectivity index (χ3v) is 28.2. The van der Waals surface area contributed by atoms with Gasteiger partial charge in [0, 0.05) is 149 Å². The van der Waals surface area contributed by atoms with Gasteiger partial charge in [-0.05, 0) is 142 Å². The van der Waals surface area contributed by atoms with Crippen molar-refractivity contribution < 1.29 is 77.2 Å². The molecule has 3 saturated heterocycles. The van der Waals surface area contributed by atoms with Crippen molar-refractivity contribution in [3.63, 3.8) is 0 Å². The largest absolute Gasteiger partial charge is 0.495 e. The molecular weight excluding hydrogens is 1570 g/mol. The van der Waals surface area contributed by atoms with Gasteiger partial charge in [0.25, 0.3) is 70.5 Å².